The van der Waals surface area contributed by atoms with Crippen LogP contribution in [0.1, 0.15) is 24.1 Å². The number of halogens is 2. The summed E-state index contributed by atoms with van der Waals surface area (Å²) >= 11 is 6.09. The quantitative estimate of drug-likeness (QED) is 0.850. The van der Waals surface area contributed by atoms with Gasteiger partial charge in [-0.2, -0.15) is 0 Å². The fourth-order valence-corrected chi connectivity index (χ4v) is 2.33. The smallest absolute Gasteiger partial charge is 0.319 e. The molecule has 21 heavy (non-hydrogen) atoms. The highest BCUT2D eigenvalue weighted by Crippen LogP contribution is 2.22. The third-order valence-corrected chi connectivity index (χ3v) is 3.50. The summed E-state index contributed by atoms with van der Waals surface area (Å²) < 4.78 is 13.0. The van der Waals surface area contributed by atoms with E-state index in [2.05, 4.69) is 10.6 Å². The first kappa shape index (κ1) is 15.3. The number of nitrogens with one attached hydrogen (secondary N) is 2. The van der Waals surface area contributed by atoms with Crippen LogP contribution in [-0.4, -0.2) is 6.03 Å². The van der Waals surface area contributed by atoms with Crippen molar-refractivity contribution in [2.45, 2.75) is 19.9 Å². The fourth-order valence-electron chi connectivity index (χ4n) is 2.03. The van der Waals surface area contributed by atoms with E-state index in [1.807, 2.05) is 25.1 Å². The monoisotopic (exact) mass is 306 g/mol. The van der Waals surface area contributed by atoms with E-state index in [1.165, 1.54) is 18.2 Å². The van der Waals surface area contributed by atoms with Crippen LogP contribution in [0.4, 0.5) is 14.9 Å². The van der Waals surface area contributed by atoms with E-state index in [0.29, 0.717) is 16.3 Å². The largest absolute Gasteiger partial charge is 0.331 e. The highest BCUT2D eigenvalue weighted by atomic mass is 35.5. The van der Waals surface area contributed by atoms with Gasteiger partial charge in [-0.3, -0.25) is 0 Å². The SMILES string of the molecule is Cc1cc(F)ccc1NC(=O)N[C@@H](C)c1ccccc1Cl. The van der Waals surface area contributed by atoms with Crippen LogP contribution in [0.2, 0.25) is 5.02 Å². The van der Waals surface area contributed by atoms with E-state index in [0.717, 1.165) is 5.56 Å². The first-order valence-corrected chi connectivity index (χ1v) is 6.93. The lowest BCUT2D eigenvalue weighted by molar-refractivity contribution is 0.249. The van der Waals surface area contributed by atoms with E-state index in [4.69, 9.17) is 11.6 Å². The molecule has 0 saturated heterocycles. The number of benzene rings is 2. The summed E-state index contributed by atoms with van der Waals surface area (Å²) in [5, 5.41) is 6.10. The molecular formula is C16H16ClFN2O. The maximum absolute atomic E-state index is 13.0. The number of urea groups is 1. The van der Waals surface area contributed by atoms with Crippen LogP contribution in [-0.2, 0) is 0 Å². The topological polar surface area (TPSA) is 41.1 Å². The highest BCUT2D eigenvalue weighted by Gasteiger charge is 2.12. The molecule has 0 bridgehead atoms. The Kier molecular flexibility index (Phi) is 4.81. The predicted octanol–water partition coefficient (Wildman–Crippen LogP) is 4.67. The lowest BCUT2D eigenvalue weighted by Crippen LogP contribution is -2.31. The molecule has 2 amide bonds. The molecule has 2 N–H and O–H groups in total. The second kappa shape index (κ2) is 6.59. The van der Waals surface area contributed by atoms with Gasteiger partial charge in [-0.05, 0) is 49.2 Å². The summed E-state index contributed by atoms with van der Waals surface area (Å²) in [4.78, 5) is 12.0. The average Bonchev–Trinajstić information content (AvgIpc) is 2.42. The van der Waals surface area contributed by atoms with Crippen molar-refractivity contribution in [3.05, 3.63) is 64.4 Å². The van der Waals surface area contributed by atoms with Gasteiger partial charge >= 0.3 is 6.03 Å². The van der Waals surface area contributed by atoms with Crippen LogP contribution < -0.4 is 10.6 Å². The van der Waals surface area contributed by atoms with Gasteiger partial charge in [0, 0.05) is 10.7 Å². The van der Waals surface area contributed by atoms with Crippen LogP contribution in [0.5, 0.6) is 0 Å². The number of aryl methyl sites for hydroxylation is 1. The van der Waals surface area contributed by atoms with Gasteiger partial charge in [0.1, 0.15) is 5.82 Å². The zero-order chi connectivity index (χ0) is 15.4. The van der Waals surface area contributed by atoms with Crippen LogP contribution in [0.25, 0.3) is 0 Å². The molecule has 2 rings (SSSR count). The van der Waals surface area contributed by atoms with Gasteiger partial charge in [-0.25, -0.2) is 9.18 Å². The van der Waals surface area contributed by atoms with Crippen molar-refractivity contribution in [3.63, 3.8) is 0 Å². The number of rotatable bonds is 3. The van der Waals surface area contributed by atoms with Crippen molar-refractivity contribution in [2.24, 2.45) is 0 Å². The van der Waals surface area contributed by atoms with E-state index >= 15 is 0 Å². The van der Waals surface area contributed by atoms with Crippen molar-refractivity contribution >= 4 is 23.3 Å². The minimum atomic E-state index is -0.364. The van der Waals surface area contributed by atoms with E-state index in [-0.39, 0.29) is 17.9 Å². The van der Waals surface area contributed by atoms with Gasteiger partial charge in [0.15, 0.2) is 0 Å². The Morgan fingerprint density at radius 2 is 1.95 bits per heavy atom. The third kappa shape index (κ3) is 3.95. The first-order chi connectivity index (χ1) is 9.97. The van der Waals surface area contributed by atoms with E-state index in [1.54, 1.807) is 13.0 Å². The third-order valence-electron chi connectivity index (χ3n) is 3.16. The second-order valence-corrected chi connectivity index (χ2v) is 5.21. The van der Waals surface area contributed by atoms with Gasteiger partial charge in [-0.15, -0.1) is 0 Å². The molecule has 110 valence electrons. The maximum Gasteiger partial charge on any atom is 0.319 e. The lowest BCUT2D eigenvalue weighted by Gasteiger charge is -2.17. The molecular weight excluding hydrogens is 291 g/mol. The molecule has 0 heterocycles. The van der Waals surface area contributed by atoms with Crippen LogP contribution in [0.3, 0.4) is 0 Å². The summed E-state index contributed by atoms with van der Waals surface area (Å²) in [5.41, 5.74) is 2.07. The molecule has 1 atom stereocenters. The molecule has 0 unspecified atom stereocenters. The molecule has 3 nitrogen and oxygen atoms in total. The number of carbonyl (C=O) groups excluding carboxylic acids is 1. The number of hydrogen-bond acceptors (Lipinski definition) is 1. The summed E-state index contributed by atoms with van der Waals surface area (Å²) in [6, 6.07) is 10.9. The predicted molar refractivity (Wildman–Crippen MR) is 83.2 cm³/mol. The number of hydrogen-bond donors (Lipinski definition) is 2. The average molecular weight is 307 g/mol. The Labute approximate surface area is 128 Å². The van der Waals surface area contributed by atoms with Crippen molar-refractivity contribution < 1.29 is 9.18 Å². The Balaban J connectivity index is 2.03. The molecule has 5 heteroatoms. The van der Waals surface area contributed by atoms with Crippen molar-refractivity contribution in [1.29, 1.82) is 0 Å². The van der Waals surface area contributed by atoms with Crippen molar-refractivity contribution in [1.82, 2.24) is 5.32 Å². The van der Waals surface area contributed by atoms with Crippen LogP contribution in [0.15, 0.2) is 42.5 Å². The van der Waals surface area contributed by atoms with Crippen LogP contribution in [0, 0.1) is 12.7 Å². The van der Waals surface area contributed by atoms with Crippen molar-refractivity contribution in [3.8, 4) is 0 Å². The molecule has 0 radical (unpaired) electrons. The minimum Gasteiger partial charge on any atom is -0.331 e. The van der Waals surface area contributed by atoms with Gasteiger partial charge in [-0.1, -0.05) is 29.8 Å². The highest BCUT2D eigenvalue weighted by molar-refractivity contribution is 6.31. The summed E-state index contributed by atoms with van der Waals surface area (Å²) in [6.45, 7) is 3.58. The Morgan fingerprint density at radius 1 is 1.24 bits per heavy atom. The number of anilines is 1. The molecule has 0 fully saturated rings. The molecule has 0 aromatic heterocycles. The van der Waals surface area contributed by atoms with E-state index in [9.17, 15) is 9.18 Å². The Bertz CT molecular complexity index is 660. The minimum absolute atomic E-state index is 0.237. The van der Waals surface area contributed by atoms with Crippen molar-refractivity contribution in [2.75, 3.05) is 5.32 Å². The van der Waals surface area contributed by atoms with Gasteiger partial charge in [0.05, 0.1) is 6.04 Å². The summed E-state index contributed by atoms with van der Waals surface area (Å²) in [7, 11) is 0. The first-order valence-electron chi connectivity index (χ1n) is 6.55. The van der Waals surface area contributed by atoms with Gasteiger partial charge < -0.3 is 10.6 Å². The molecule has 2 aromatic rings. The fraction of sp³-hybridized carbons (Fsp3) is 0.188. The van der Waals surface area contributed by atoms with Crippen LogP contribution >= 0.6 is 11.6 Å². The molecule has 0 aliphatic heterocycles. The Morgan fingerprint density at radius 3 is 2.62 bits per heavy atom. The second-order valence-electron chi connectivity index (χ2n) is 4.80. The number of carbonyl (C=O) groups is 1. The Hall–Kier alpha value is -2.07. The number of amides is 2. The molecule has 0 aliphatic carbocycles. The lowest BCUT2D eigenvalue weighted by atomic mass is 10.1. The zero-order valence-electron chi connectivity index (χ0n) is 11.8. The standard InChI is InChI=1S/C16H16ClFN2O/c1-10-9-12(18)7-8-15(10)20-16(21)19-11(2)13-5-3-4-6-14(13)17/h3-9,11H,1-2H3,(H2,19,20,21)/t11-/m0/s1. The summed E-state index contributed by atoms with van der Waals surface area (Å²) in [6.07, 6.45) is 0. The van der Waals surface area contributed by atoms with Gasteiger partial charge in [0.2, 0.25) is 0 Å². The molecule has 0 saturated carbocycles. The zero-order valence-corrected chi connectivity index (χ0v) is 12.5. The maximum atomic E-state index is 13.0. The molecule has 0 spiro atoms. The van der Waals surface area contributed by atoms with Gasteiger partial charge in [0.25, 0.3) is 0 Å². The normalized spacial score (nSPS) is 11.8. The molecule has 2 aromatic carbocycles. The van der Waals surface area contributed by atoms with E-state index < -0.39 is 0 Å². The summed E-state index contributed by atoms with van der Waals surface area (Å²) in [5.74, 6) is -0.331. The molecule has 0 aliphatic rings.